The lowest BCUT2D eigenvalue weighted by Gasteiger charge is -2.67. The molecule has 102 valence electrons. The van der Waals surface area contributed by atoms with Crippen LogP contribution in [0.25, 0.3) is 10.4 Å². The average Bonchev–Trinajstić information content (AvgIpc) is 2.17. The Morgan fingerprint density at radius 3 is 2.28 bits per heavy atom. The Hall–Kier alpha value is -0.513. The molecule has 4 atom stereocenters. The maximum Gasteiger partial charge on any atom is 0.184 e. The van der Waals surface area contributed by atoms with Crippen LogP contribution in [-0.4, -0.2) is 20.0 Å². The van der Waals surface area contributed by atoms with E-state index in [1.807, 2.05) is 0 Å². The van der Waals surface area contributed by atoms with Gasteiger partial charge in [0, 0.05) is 4.91 Å². The molecular formula is C13H25N3OSi. The fourth-order valence-corrected chi connectivity index (χ4v) is 5.75. The molecular weight excluding hydrogens is 242 g/mol. The minimum Gasteiger partial charge on any atom is -0.412 e. The minimum absolute atomic E-state index is 0.00556. The van der Waals surface area contributed by atoms with E-state index in [9.17, 15) is 0 Å². The third-order valence-corrected chi connectivity index (χ3v) is 6.10. The number of azide groups is 1. The van der Waals surface area contributed by atoms with Gasteiger partial charge in [0.2, 0.25) is 0 Å². The second-order valence-electron chi connectivity index (χ2n) is 7.66. The molecule has 0 aromatic heterocycles. The van der Waals surface area contributed by atoms with Crippen LogP contribution in [0.2, 0.25) is 19.6 Å². The summed E-state index contributed by atoms with van der Waals surface area (Å²) in [7, 11) is -1.65. The highest BCUT2D eigenvalue weighted by Crippen LogP contribution is 2.64. The van der Waals surface area contributed by atoms with E-state index in [4.69, 9.17) is 9.96 Å². The average molecular weight is 267 g/mol. The van der Waals surface area contributed by atoms with Crippen molar-refractivity contribution in [3.05, 3.63) is 10.4 Å². The van der Waals surface area contributed by atoms with E-state index in [-0.39, 0.29) is 11.6 Å². The number of nitrogens with zero attached hydrogens (tertiary/aromatic N) is 3. The van der Waals surface area contributed by atoms with E-state index >= 15 is 0 Å². The first-order valence-corrected chi connectivity index (χ1v) is 10.3. The van der Waals surface area contributed by atoms with Crippen LogP contribution >= 0.6 is 0 Å². The Balaban J connectivity index is 2.34. The van der Waals surface area contributed by atoms with Crippen LogP contribution in [-0.2, 0) is 4.43 Å². The van der Waals surface area contributed by atoms with Gasteiger partial charge in [0.1, 0.15) is 0 Å². The SMILES string of the molecule is CC1(C)C2CC(N=[N+]=[N-])C(C)(O[Si](C)(C)C)C1C2. The molecule has 18 heavy (non-hydrogen) atoms. The summed E-state index contributed by atoms with van der Waals surface area (Å²) in [6.45, 7) is 13.5. The van der Waals surface area contributed by atoms with E-state index in [1.54, 1.807) is 0 Å². The normalized spacial score (nSPS) is 41.8. The van der Waals surface area contributed by atoms with Gasteiger partial charge in [0.15, 0.2) is 8.32 Å². The number of hydrogen-bond donors (Lipinski definition) is 0. The first kappa shape index (κ1) is 13.9. The van der Waals surface area contributed by atoms with Crippen molar-refractivity contribution in [1.82, 2.24) is 0 Å². The van der Waals surface area contributed by atoms with E-state index in [1.165, 1.54) is 6.42 Å². The highest BCUT2D eigenvalue weighted by Gasteiger charge is 2.64. The Kier molecular flexibility index (Phi) is 3.08. The van der Waals surface area contributed by atoms with E-state index in [2.05, 4.69) is 50.4 Å². The van der Waals surface area contributed by atoms with Crippen molar-refractivity contribution in [2.45, 2.75) is 64.9 Å². The van der Waals surface area contributed by atoms with E-state index in [0.29, 0.717) is 17.3 Å². The summed E-state index contributed by atoms with van der Waals surface area (Å²) in [5, 5.41) is 4.05. The second kappa shape index (κ2) is 3.99. The van der Waals surface area contributed by atoms with Gasteiger partial charge in [-0.25, -0.2) is 0 Å². The van der Waals surface area contributed by atoms with Crippen LogP contribution in [0.1, 0.15) is 33.6 Å². The molecule has 3 rings (SSSR count). The lowest BCUT2D eigenvalue weighted by atomic mass is 9.43. The lowest BCUT2D eigenvalue weighted by Crippen LogP contribution is -2.68. The zero-order chi connectivity index (χ0) is 13.8. The van der Waals surface area contributed by atoms with Crippen LogP contribution in [0, 0.1) is 17.3 Å². The van der Waals surface area contributed by atoms with Gasteiger partial charge in [-0.15, -0.1) is 0 Å². The molecule has 3 aliphatic carbocycles. The van der Waals surface area contributed by atoms with Crippen LogP contribution in [0.4, 0.5) is 0 Å². The molecule has 0 saturated heterocycles. The summed E-state index contributed by atoms with van der Waals surface area (Å²) in [5.41, 5.74) is 8.85. The smallest absolute Gasteiger partial charge is 0.184 e. The van der Waals surface area contributed by atoms with Gasteiger partial charge in [-0.1, -0.05) is 19.0 Å². The molecule has 3 saturated carbocycles. The summed E-state index contributed by atoms with van der Waals surface area (Å²) in [4.78, 5) is 3.05. The van der Waals surface area contributed by atoms with Crippen molar-refractivity contribution in [3.63, 3.8) is 0 Å². The van der Waals surface area contributed by atoms with Gasteiger partial charge in [-0.2, -0.15) is 0 Å². The third kappa shape index (κ3) is 1.98. The molecule has 5 heteroatoms. The fourth-order valence-electron chi connectivity index (χ4n) is 4.15. The molecule has 0 aromatic rings. The molecule has 0 aliphatic heterocycles. The Morgan fingerprint density at radius 1 is 1.22 bits per heavy atom. The highest BCUT2D eigenvalue weighted by atomic mass is 28.4. The standard InChI is InChI=1S/C13H25N3OSi/c1-12(2)9-7-10(12)13(3,17-18(4,5)6)11(8-9)15-16-14/h9-11H,7-8H2,1-6H3. The summed E-state index contributed by atoms with van der Waals surface area (Å²) < 4.78 is 6.49. The van der Waals surface area contributed by atoms with Crippen LogP contribution in [0.3, 0.4) is 0 Å². The van der Waals surface area contributed by atoms with Crippen molar-refractivity contribution in [2.24, 2.45) is 22.4 Å². The zero-order valence-electron chi connectivity index (χ0n) is 12.4. The van der Waals surface area contributed by atoms with Crippen molar-refractivity contribution in [3.8, 4) is 0 Å². The topological polar surface area (TPSA) is 58.0 Å². The van der Waals surface area contributed by atoms with Crippen molar-refractivity contribution in [2.75, 3.05) is 0 Å². The number of rotatable bonds is 3. The van der Waals surface area contributed by atoms with Gasteiger partial charge in [-0.3, -0.25) is 0 Å². The van der Waals surface area contributed by atoms with Gasteiger partial charge in [0.25, 0.3) is 0 Å². The molecule has 0 radical (unpaired) electrons. The second-order valence-corrected chi connectivity index (χ2v) is 12.1. The summed E-state index contributed by atoms with van der Waals surface area (Å²) in [5.74, 6) is 1.21. The molecule has 0 N–H and O–H groups in total. The van der Waals surface area contributed by atoms with Crippen molar-refractivity contribution >= 4 is 8.32 Å². The first-order valence-electron chi connectivity index (χ1n) is 6.85. The number of fused-ring (bicyclic) bond motifs is 2. The number of hydrogen-bond acceptors (Lipinski definition) is 2. The predicted molar refractivity (Wildman–Crippen MR) is 75.8 cm³/mol. The molecule has 0 heterocycles. The quantitative estimate of drug-likeness (QED) is 0.325. The van der Waals surface area contributed by atoms with Crippen LogP contribution < -0.4 is 0 Å². The molecule has 0 amide bonds. The third-order valence-electron chi connectivity index (χ3n) is 5.05. The molecule has 2 bridgehead atoms. The predicted octanol–water partition coefficient (Wildman–Crippen LogP) is 4.34. The molecule has 3 aliphatic rings. The molecule has 0 spiro atoms. The summed E-state index contributed by atoms with van der Waals surface area (Å²) in [6.07, 6.45) is 2.21. The van der Waals surface area contributed by atoms with Crippen molar-refractivity contribution in [1.29, 1.82) is 0 Å². The monoisotopic (exact) mass is 267 g/mol. The fraction of sp³-hybridized carbons (Fsp3) is 1.00. The molecule has 4 unspecified atom stereocenters. The Bertz CT molecular complexity index is 398. The molecule has 3 fully saturated rings. The maximum atomic E-state index is 8.79. The maximum absolute atomic E-state index is 8.79. The van der Waals surface area contributed by atoms with Crippen LogP contribution in [0.5, 0.6) is 0 Å². The van der Waals surface area contributed by atoms with Gasteiger partial charge >= 0.3 is 0 Å². The molecule has 4 nitrogen and oxygen atoms in total. The highest BCUT2D eigenvalue weighted by molar-refractivity contribution is 6.69. The Labute approximate surface area is 111 Å². The summed E-state index contributed by atoms with van der Waals surface area (Å²) in [6, 6.07) is 0.00556. The van der Waals surface area contributed by atoms with Crippen LogP contribution in [0.15, 0.2) is 5.11 Å². The van der Waals surface area contributed by atoms with Gasteiger partial charge < -0.3 is 4.43 Å². The zero-order valence-corrected chi connectivity index (χ0v) is 13.4. The first-order chi connectivity index (χ1) is 8.11. The van der Waals surface area contributed by atoms with E-state index in [0.717, 1.165) is 6.42 Å². The minimum atomic E-state index is -1.65. The lowest BCUT2D eigenvalue weighted by molar-refractivity contribution is -0.194. The van der Waals surface area contributed by atoms with Crippen molar-refractivity contribution < 1.29 is 4.43 Å². The largest absolute Gasteiger partial charge is 0.412 e. The molecule has 0 aromatic carbocycles. The van der Waals surface area contributed by atoms with Gasteiger partial charge in [-0.05, 0) is 62.2 Å². The van der Waals surface area contributed by atoms with Gasteiger partial charge in [0.05, 0.1) is 11.6 Å². The van der Waals surface area contributed by atoms with E-state index < -0.39 is 8.32 Å². The summed E-state index contributed by atoms with van der Waals surface area (Å²) >= 11 is 0. The Morgan fingerprint density at radius 2 is 1.83 bits per heavy atom.